The molecule has 0 amide bonds. The highest BCUT2D eigenvalue weighted by Crippen LogP contribution is 2.32. The standard InChI is InChI=1S/C13H9F3OS/c14-9-2-4-13(11(16)6-9)18-12-3-1-8(7-17)5-10(12)15/h1-6,17H,7H2. The predicted octanol–water partition coefficient (Wildman–Crippen LogP) is 3.75. The van der Waals surface area contributed by atoms with E-state index in [1.54, 1.807) is 6.07 Å². The van der Waals surface area contributed by atoms with Crippen molar-refractivity contribution in [3.8, 4) is 0 Å². The van der Waals surface area contributed by atoms with Gasteiger partial charge in [-0.1, -0.05) is 17.8 Å². The Morgan fingerprint density at radius 3 is 2.06 bits per heavy atom. The Bertz CT molecular complexity index is 572. The van der Waals surface area contributed by atoms with Crippen LogP contribution in [0.15, 0.2) is 46.2 Å². The average Bonchev–Trinajstić information content (AvgIpc) is 2.34. The van der Waals surface area contributed by atoms with Crippen LogP contribution in [0.1, 0.15) is 5.56 Å². The number of halogens is 3. The zero-order chi connectivity index (χ0) is 13.1. The smallest absolute Gasteiger partial charge is 0.140 e. The van der Waals surface area contributed by atoms with Gasteiger partial charge in [0.25, 0.3) is 0 Å². The van der Waals surface area contributed by atoms with Crippen molar-refractivity contribution >= 4 is 11.8 Å². The lowest BCUT2D eigenvalue weighted by Crippen LogP contribution is -1.89. The second-order valence-electron chi connectivity index (χ2n) is 3.60. The molecule has 1 nitrogen and oxygen atoms in total. The third-order valence-corrected chi connectivity index (χ3v) is 3.39. The minimum absolute atomic E-state index is 0.145. The summed E-state index contributed by atoms with van der Waals surface area (Å²) in [5.41, 5.74) is 0.441. The third kappa shape index (κ3) is 2.86. The molecule has 18 heavy (non-hydrogen) atoms. The molecule has 2 aromatic carbocycles. The summed E-state index contributed by atoms with van der Waals surface area (Å²) in [6.07, 6.45) is 0. The van der Waals surface area contributed by atoms with Gasteiger partial charge in [0.05, 0.1) is 6.61 Å². The van der Waals surface area contributed by atoms with Crippen LogP contribution in [0, 0.1) is 17.5 Å². The van der Waals surface area contributed by atoms with Crippen LogP contribution < -0.4 is 0 Å². The summed E-state index contributed by atoms with van der Waals surface area (Å²) in [6.45, 7) is -0.257. The summed E-state index contributed by atoms with van der Waals surface area (Å²) < 4.78 is 39.7. The van der Waals surface area contributed by atoms with Gasteiger partial charge in [0.1, 0.15) is 17.5 Å². The van der Waals surface area contributed by atoms with Crippen molar-refractivity contribution in [2.75, 3.05) is 0 Å². The van der Waals surface area contributed by atoms with E-state index in [1.807, 2.05) is 0 Å². The van der Waals surface area contributed by atoms with Gasteiger partial charge in [-0.2, -0.15) is 0 Å². The highest BCUT2D eigenvalue weighted by Gasteiger charge is 2.09. The second kappa shape index (κ2) is 5.46. The first-order chi connectivity index (χ1) is 8.60. The highest BCUT2D eigenvalue weighted by atomic mass is 32.2. The van der Waals surface area contributed by atoms with Crippen LogP contribution in [-0.2, 0) is 6.61 Å². The van der Waals surface area contributed by atoms with E-state index in [1.165, 1.54) is 18.2 Å². The monoisotopic (exact) mass is 270 g/mol. The molecule has 0 aliphatic rings. The minimum Gasteiger partial charge on any atom is -0.392 e. The van der Waals surface area contributed by atoms with E-state index in [0.29, 0.717) is 5.56 Å². The molecule has 0 heterocycles. The lowest BCUT2D eigenvalue weighted by molar-refractivity contribution is 0.281. The van der Waals surface area contributed by atoms with Crippen LogP contribution in [0.4, 0.5) is 13.2 Å². The molecule has 0 aliphatic heterocycles. The SMILES string of the molecule is OCc1ccc(Sc2ccc(F)cc2F)c(F)c1. The van der Waals surface area contributed by atoms with Crippen LogP contribution in [-0.4, -0.2) is 5.11 Å². The van der Waals surface area contributed by atoms with E-state index in [2.05, 4.69) is 0 Å². The summed E-state index contributed by atoms with van der Waals surface area (Å²) in [5.74, 6) is -1.95. The fourth-order valence-electron chi connectivity index (χ4n) is 1.40. The largest absolute Gasteiger partial charge is 0.392 e. The van der Waals surface area contributed by atoms with Gasteiger partial charge in [-0.3, -0.25) is 0 Å². The molecule has 0 aromatic heterocycles. The fourth-order valence-corrected chi connectivity index (χ4v) is 2.22. The Labute approximate surface area is 106 Å². The lowest BCUT2D eigenvalue weighted by Gasteiger charge is -2.05. The highest BCUT2D eigenvalue weighted by molar-refractivity contribution is 7.99. The van der Waals surface area contributed by atoms with Crippen molar-refractivity contribution < 1.29 is 18.3 Å². The summed E-state index contributed by atoms with van der Waals surface area (Å²) in [7, 11) is 0. The van der Waals surface area contributed by atoms with E-state index in [9.17, 15) is 13.2 Å². The van der Waals surface area contributed by atoms with Crippen LogP contribution in [0.25, 0.3) is 0 Å². The molecule has 0 radical (unpaired) electrons. The van der Waals surface area contributed by atoms with Crippen LogP contribution in [0.5, 0.6) is 0 Å². The van der Waals surface area contributed by atoms with E-state index in [0.717, 1.165) is 23.9 Å². The molecule has 1 N–H and O–H groups in total. The van der Waals surface area contributed by atoms with E-state index in [-0.39, 0.29) is 16.4 Å². The molecule has 0 aliphatic carbocycles. The van der Waals surface area contributed by atoms with Crippen molar-refractivity contribution in [3.05, 3.63) is 59.4 Å². The van der Waals surface area contributed by atoms with Gasteiger partial charge in [-0.05, 0) is 29.8 Å². The number of rotatable bonds is 3. The molecule has 0 saturated carbocycles. The molecule has 2 aromatic rings. The molecule has 0 bridgehead atoms. The van der Waals surface area contributed by atoms with Crippen molar-refractivity contribution in [2.24, 2.45) is 0 Å². The number of aliphatic hydroxyl groups is 1. The van der Waals surface area contributed by atoms with Crippen molar-refractivity contribution in [1.29, 1.82) is 0 Å². The Balaban J connectivity index is 2.28. The molecule has 0 spiro atoms. The maximum Gasteiger partial charge on any atom is 0.140 e. The number of hydrogen-bond acceptors (Lipinski definition) is 2. The molecule has 0 fully saturated rings. The van der Waals surface area contributed by atoms with Crippen LogP contribution >= 0.6 is 11.8 Å². The van der Waals surface area contributed by atoms with Gasteiger partial charge in [0, 0.05) is 15.9 Å². The van der Waals surface area contributed by atoms with Gasteiger partial charge in [-0.15, -0.1) is 0 Å². The number of benzene rings is 2. The Morgan fingerprint density at radius 2 is 1.50 bits per heavy atom. The maximum atomic E-state index is 13.6. The fraction of sp³-hybridized carbons (Fsp3) is 0.0769. The third-order valence-electron chi connectivity index (χ3n) is 2.29. The number of hydrogen-bond donors (Lipinski definition) is 1. The molecule has 0 unspecified atom stereocenters. The average molecular weight is 270 g/mol. The first-order valence-electron chi connectivity index (χ1n) is 5.12. The van der Waals surface area contributed by atoms with E-state index in [4.69, 9.17) is 5.11 Å². The number of aliphatic hydroxyl groups excluding tert-OH is 1. The molecule has 0 saturated heterocycles. The zero-order valence-electron chi connectivity index (χ0n) is 9.16. The van der Waals surface area contributed by atoms with Gasteiger partial charge >= 0.3 is 0 Å². The van der Waals surface area contributed by atoms with Gasteiger partial charge in [0.15, 0.2) is 0 Å². The predicted molar refractivity (Wildman–Crippen MR) is 62.8 cm³/mol. The van der Waals surface area contributed by atoms with Crippen molar-refractivity contribution in [2.45, 2.75) is 16.4 Å². The van der Waals surface area contributed by atoms with Crippen LogP contribution in [0.3, 0.4) is 0 Å². The molecule has 94 valence electrons. The molecule has 0 atom stereocenters. The summed E-state index contributed by atoms with van der Waals surface area (Å²) in [6, 6.07) is 7.31. The zero-order valence-corrected chi connectivity index (χ0v) is 9.98. The lowest BCUT2D eigenvalue weighted by atomic mass is 10.2. The molecular formula is C13H9F3OS. The summed E-state index contributed by atoms with van der Waals surface area (Å²) >= 11 is 0.870. The Morgan fingerprint density at radius 1 is 0.889 bits per heavy atom. The van der Waals surface area contributed by atoms with E-state index < -0.39 is 17.5 Å². The van der Waals surface area contributed by atoms with Gasteiger partial charge in [-0.25, -0.2) is 13.2 Å². The topological polar surface area (TPSA) is 20.2 Å². The van der Waals surface area contributed by atoms with Gasteiger partial charge in [0.2, 0.25) is 0 Å². The first-order valence-corrected chi connectivity index (χ1v) is 5.94. The summed E-state index contributed by atoms with van der Waals surface area (Å²) in [4.78, 5) is 0.366. The Hall–Kier alpha value is -1.46. The quantitative estimate of drug-likeness (QED) is 0.916. The van der Waals surface area contributed by atoms with Gasteiger partial charge < -0.3 is 5.11 Å². The maximum absolute atomic E-state index is 13.6. The Kier molecular flexibility index (Phi) is 3.93. The molecule has 2 rings (SSSR count). The summed E-state index contributed by atoms with van der Waals surface area (Å²) in [5, 5.41) is 8.84. The minimum atomic E-state index is -0.731. The normalized spacial score (nSPS) is 10.7. The molecular weight excluding hydrogens is 261 g/mol. The first kappa shape index (κ1) is 13.0. The van der Waals surface area contributed by atoms with E-state index >= 15 is 0 Å². The van der Waals surface area contributed by atoms with Crippen molar-refractivity contribution in [1.82, 2.24) is 0 Å². The molecule has 5 heteroatoms. The van der Waals surface area contributed by atoms with Crippen molar-refractivity contribution in [3.63, 3.8) is 0 Å². The second-order valence-corrected chi connectivity index (χ2v) is 4.68. The van der Waals surface area contributed by atoms with Crippen LogP contribution in [0.2, 0.25) is 0 Å².